The molecule has 3 heterocycles. The van der Waals surface area contributed by atoms with Crippen molar-refractivity contribution in [2.24, 2.45) is 0 Å². The Balaban J connectivity index is 0.00000176. The highest BCUT2D eigenvalue weighted by molar-refractivity contribution is 7.08. The molecule has 2 aliphatic heterocycles. The molecule has 122 valence electrons. The first-order valence-corrected chi connectivity index (χ1v) is 8.51. The molecule has 0 saturated carbocycles. The molecule has 7 heteroatoms. The van der Waals surface area contributed by atoms with Crippen molar-refractivity contribution < 1.29 is 9.59 Å². The van der Waals surface area contributed by atoms with Crippen LogP contribution in [0.25, 0.3) is 0 Å². The van der Waals surface area contributed by atoms with Crippen LogP contribution in [0.1, 0.15) is 42.5 Å². The summed E-state index contributed by atoms with van der Waals surface area (Å²) in [5.41, 5.74) is 0.662. The van der Waals surface area contributed by atoms with Crippen molar-refractivity contribution in [2.75, 3.05) is 6.54 Å². The van der Waals surface area contributed by atoms with Gasteiger partial charge >= 0.3 is 0 Å². The first-order valence-electron chi connectivity index (χ1n) is 7.56. The molecule has 2 aliphatic rings. The highest BCUT2D eigenvalue weighted by Crippen LogP contribution is 2.26. The molecule has 0 aromatic carbocycles. The van der Waals surface area contributed by atoms with Crippen molar-refractivity contribution in [1.82, 2.24) is 16.0 Å². The summed E-state index contributed by atoms with van der Waals surface area (Å²) in [6.07, 6.45) is 4.86. The molecule has 0 spiro atoms. The first kappa shape index (κ1) is 17.2. The number of fused-ring (bicyclic) bond motifs is 2. The number of thiophene rings is 1. The number of carbonyl (C=O) groups excluding carboxylic acids is 2. The fourth-order valence-corrected chi connectivity index (χ4v) is 3.90. The molecule has 3 N–H and O–H groups in total. The quantitative estimate of drug-likeness (QED) is 0.762. The average molecular weight is 344 g/mol. The standard InChI is InChI=1S/C15H21N3O2S.ClH/c19-14(3-5-16-15(20)10-4-6-21-9-10)18-13-7-11-1-2-12(8-13)17-11;/h4,6,9,11-13,17H,1-3,5,7-8H2,(H,16,20)(H,18,19);1H. The van der Waals surface area contributed by atoms with E-state index < -0.39 is 0 Å². The van der Waals surface area contributed by atoms with Gasteiger partial charge in [-0.3, -0.25) is 9.59 Å². The maximum Gasteiger partial charge on any atom is 0.252 e. The predicted octanol–water partition coefficient (Wildman–Crippen LogP) is 1.69. The van der Waals surface area contributed by atoms with E-state index in [1.807, 2.05) is 5.38 Å². The smallest absolute Gasteiger partial charge is 0.252 e. The molecule has 1 aromatic rings. The maximum atomic E-state index is 11.9. The molecule has 22 heavy (non-hydrogen) atoms. The molecule has 0 aliphatic carbocycles. The zero-order chi connectivity index (χ0) is 14.7. The zero-order valence-electron chi connectivity index (χ0n) is 12.3. The van der Waals surface area contributed by atoms with E-state index in [0.717, 1.165) is 12.8 Å². The Morgan fingerprint density at radius 2 is 2.00 bits per heavy atom. The Morgan fingerprint density at radius 1 is 1.27 bits per heavy atom. The minimum absolute atomic E-state index is 0. The third kappa shape index (κ3) is 4.44. The third-order valence-corrected chi connectivity index (χ3v) is 4.94. The second-order valence-electron chi connectivity index (χ2n) is 5.89. The molecule has 2 amide bonds. The maximum absolute atomic E-state index is 11.9. The second-order valence-corrected chi connectivity index (χ2v) is 6.67. The van der Waals surface area contributed by atoms with Crippen molar-refractivity contribution in [3.63, 3.8) is 0 Å². The minimum Gasteiger partial charge on any atom is -0.353 e. The van der Waals surface area contributed by atoms with Gasteiger partial charge in [-0.25, -0.2) is 0 Å². The number of hydrogen-bond donors (Lipinski definition) is 3. The monoisotopic (exact) mass is 343 g/mol. The van der Waals surface area contributed by atoms with Gasteiger partial charge in [-0.2, -0.15) is 11.3 Å². The topological polar surface area (TPSA) is 70.2 Å². The van der Waals surface area contributed by atoms with Crippen LogP contribution in [-0.4, -0.2) is 36.5 Å². The molecule has 2 fully saturated rings. The van der Waals surface area contributed by atoms with Crippen molar-refractivity contribution in [1.29, 1.82) is 0 Å². The number of hydrogen-bond acceptors (Lipinski definition) is 4. The summed E-state index contributed by atoms with van der Waals surface area (Å²) in [5, 5.41) is 13.1. The van der Waals surface area contributed by atoms with E-state index in [0.29, 0.717) is 36.7 Å². The summed E-state index contributed by atoms with van der Waals surface area (Å²) in [5.74, 6) is -0.0733. The van der Waals surface area contributed by atoms with Gasteiger partial charge in [0.15, 0.2) is 0 Å². The molecule has 0 radical (unpaired) electrons. The van der Waals surface area contributed by atoms with Gasteiger partial charge in [0.25, 0.3) is 5.91 Å². The van der Waals surface area contributed by atoms with E-state index in [4.69, 9.17) is 0 Å². The molecular weight excluding hydrogens is 322 g/mol. The number of nitrogens with one attached hydrogen (secondary N) is 3. The molecule has 5 nitrogen and oxygen atoms in total. The van der Waals surface area contributed by atoms with Crippen molar-refractivity contribution in [3.8, 4) is 0 Å². The lowest BCUT2D eigenvalue weighted by atomic mass is 10.00. The van der Waals surface area contributed by atoms with Gasteiger partial charge < -0.3 is 16.0 Å². The Morgan fingerprint density at radius 3 is 2.64 bits per heavy atom. The lowest BCUT2D eigenvalue weighted by Gasteiger charge is -2.29. The first-order chi connectivity index (χ1) is 10.2. The van der Waals surface area contributed by atoms with Gasteiger partial charge in [0.1, 0.15) is 0 Å². The Bertz CT molecular complexity index is 497. The highest BCUT2D eigenvalue weighted by atomic mass is 35.5. The number of halogens is 1. The van der Waals surface area contributed by atoms with Gasteiger partial charge in [0.2, 0.25) is 5.91 Å². The summed E-state index contributed by atoms with van der Waals surface area (Å²) in [6, 6.07) is 3.23. The van der Waals surface area contributed by atoms with E-state index in [-0.39, 0.29) is 24.2 Å². The summed E-state index contributed by atoms with van der Waals surface area (Å²) in [4.78, 5) is 23.7. The van der Waals surface area contributed by atoms with Crippen LogP contribution in [-0.2, 0) is 4.79 Å². The van der Waals surface area contributed by atoms with Gasteiger partial charge in [0, 0.05) is 42.0 Å². The molecule has 2 unspecified atom stereocenters. The lowest BCUT2D eigenvalue weighted by Crippen LogP contribution is -2.48. The van der Waals surface area contributed by atoms with Crippen molar-refractivity contribution in [2.45, 2.75) is 50.2 Å². The molecule has 2 saturated heterocycles. The van der Waals surface area contributed by atoms with Crippen LogP contribution in [0.4, 0.5) is 0 Å². The van der Waals surface area contributed by atoms with Crippen LogP contribution in [0.5, 0.6) is 0 Å². The Kier molecular flexibility index (Phi) is 6.23. The normalized spacial score (nSPS) is 26.1. The van der Waals surface area contributed by atoms with Gasteiger partial charge in [-0.05, 0) is 37.1 Å². The number of rotatable bonds is 5. The zero-order valence-corrected chi connectivity index (χ0v) is 14.0. The van der Waals surface area contributed by atoms with Crippen LogP contribution >= 0.6 is 23.7 Å². The van der Waals surface area contributed by atoms with Gasteiger partial charge in [0.05, 0.1) is 0 Å². The van der Waals surface area contributed by atoms with Crippen LogP contribution in [0, 0.1) is 0 Å². The molecule has 1 aromatic heterocycles. The van der Waals surface area contributed by atoms with Crippen LogP contribution < -0.4 is 16.0 Å². The Hall–Kier alpha value is -1.11. The SMILES string of the molecule is Cl.O=C(CCNC(=O)c1ccsc1)NC1CC2CCC(C1)N2. The molecular formula is C15H22ClN3O2S. The molecule has 2 bridgehead atoms. The van der Waals surface area contributed by atoms with Crippen molar-refractivity contribution in [3.05, 3.63) is 22.4 Å². The van der Waals surface area contributed by atoms with E-state index in [9.17, 15) is 9.59 Å². The number of carbonyl (C=O) groups is 2. The predicted molar refractivity (Wildman–Crippen MR) is 89.6 cm³/mol. The summed E-state index contributed by atoms with van der Waals surface area (Å²) in [6.45, 7) is 0.387. The van der Waals surface area contributed by atoms with E-state index in [1.54, 1.807) is 11.4 Å². The second kappa shape index (κ2) is 7.94. The van der Waals surface area contributed by atoms with E-state index in [2.05, 4.69) is 16.0 Å². The molecule has 3 rings (SSSR count). The Labute approximate surface area is 140 Å². The summed E-state index contributed by atoms with van der Waals surface area (Å²) in [7, 11) is 0. The third-order valence-electron chi connectivity index (χ3n) is 4.26. The van der Waals surface area contributed by atoms with Crippen LogP contribution in [0.2, 0.25) is 0 Å². The fourth-order valence-electron chi connectivity index (χ4n) is 3.26. The van der Waals surface area contributed by atoms with Crippen LogP contribution in [0.3, 0.4) is 0 Å². The molecule has 2 atom stereocenters. The van der Waals surface area contributed by atoms with Gasteiger partial charge in [-0.15, -0.1) is 12.4 Å². The average Bonchev–Trinajstić information content (AvgIpc) is 3.09. The highest BCUT2D eigenvalue weighted by Gasteiger charge is 2.33. The number of amides is 2. The van der Waals surface area contributed by atoms with Crippen molar-refractivity contribution >= 4 is 35.6 Å². The number of piperidine rings is 1. The van der Waals surface area contributed by atoms with E-state index >= 15 is 0 Å². The summed E-state index contributed by atoms with van der Waals surface area (Å²) < 4.78 is 0. The van der Waals surface area contributed by atoms with Crippen LogP contribution in [0.15, 0.2) is 16.8 Å². The summed E-state index contributed by atoms with van der Waals surface area (Å²) >= 11 is 1.49. The minimum atomic E-state index is -0.107. The lowest BCUT2D eigenvalue weighted by molar-refractivity contribution is -0.121. The van der Waals surface area contributed by atoms with Gasteiger partial charge in [-0.1, -0.05) is 0 Å². The largest absolute Gasteiger partial charge is 0.353 e. The fraction of sp³-hybridized carbons (Fsp3) is 0.600. The van der Waals surface area contributed by atoms with E-state index in [1.165, 1.54) is 24.2 Å².